The van der Waals surface area contributed by atoms with Crippen LogP contribution in [0.3, 0.4) is 0 Å². The van der Waals surface area contributed by atoms with Crippen LogP contribution >= 0.6 is 15.9 Å². The van der Waals surface area contributed by atoms with E-state index in [1.165, 1.54) is 6.08 Å². The molecule has 1 aliphatic rings. The smallest absolute Gasteiger partial charge is 0.166 e. The van der Waals surface area contributed by atoms with E-state index in [4.69, 9.17) is 0 Å². The lowest BCUT2D eigenvalue weighted by Crippen LogP contribution is -2.11. The Kier molecular flexibility index (Phi) is 2.18. The molecular formula is C10H6BrF3. The predicted octanol–water partition coefficient (Wildman–Crippen LogP) is 3.95. The number of allylic oxidation sites excluding steroid dienone is 1. The fraction of sp³-hybridized carbons (Fsp3) is 0.200. The van der Waals surface area contributed by atoms with E-state index in [2.05, 4.69) is 15.9 Å². The molecule has 4 heteroatoms. The van der Waals surface area contributed by atoms with Crippen LogP contribution in [0, 0.1) is 0 Å². The third-order valence-corrected chi connectivity index (χ3v) is 2.90. The van der Waals surface area contributed by atoms with Gasteiger partial charge in [0.15, 0.2) is 0 Å². The quantitative estimate of drug-likeness (QED) is 0.664. The summed E-state index contributed by atoms with van der Waals surface area (Å²) in [5.41, 5.74) is 0.908. The first-order valence-corrected chi connectivity index (χ1v) is 4.83. The number of alkyl halides is 3. The molecule has 0 atom stereocenters. The van der Waals surface area contributed by atoms with Gasteiger partial charge in [-0.3, -0.25) is 0 Å². The van der Waals surface area contributed by atoms with Crippen molar-refractivity contribution in [2.24, 2.45) is 0 Å². The molecule has 1 aromatic carbocycles. The minimum Gasteiger partial charge on any atom is -0.166 e. The van der Waals surface area contributed by atoms with Gasteiger partial charge >= 0.3 is 6.18 Å². The summed E-state index contributed by atoms with van der Waals surface area (Å²) in [7, 11) is 0. The van der Waals surface area contributed by atoms with Crippen molar-refractivity contribution in [2.45, 2.75) is 12.6 Å². The average molecular weight is 263 g/mol. The summed E-state index contributed by atoms with van der Waals surface area (Å²) in [4.78, 5) is 0. The Hall–Kier alpha value is -0.770. The van der Waals surface area contributed by atoms with Crippen molar-refractivity contribution in [3.8, 4) is 0 Å². The van der Waals surface area contributed by atoms with Crippen molar-refractivity contribution in [2.75, 3.05) is 0 Å². The topological polar surface area (TPSA) is 0 Å². The van der Waals surface area contributed by atoms with E-state index in [1.54, 1.807) is 18.2 Å². The Labute approximate surface area is 87.6 Å². The van der Waals surface area contributed by atoms with Crippen molar-refractivity contribution in [1.82, 2.24) is 0 Å². The minimum atomic E-state index is -4.21. The number of hydrogen-bond donors (Lipinski definition) is 0. The van der Waals surface area contributed by atoms with Gasteiger partial charge < -0.3 is 0 Å². The number of hydrogen-bond acceptors (Lipinski definition) is 0. The second-order valence-corrected chi connectivity index (χ2v) is 4.01. The van der Waals surface area contributed by atoms with E-state index < -0.39 is 11.7 Å². The number of rotatable bonds is 0. The summed E-state index contributed by atoms with van der Waals surface area (Å²) in [6.07, 6.45) is -3.02. The lowest BCUT2D eigenvalue weighted by molar-refractivity contribution is -0.0918. The van der Waals surface area contributed by atoms with Gasteiger partial charge in [-0.15, -0.1) is 0 Å². The highest BCUT2D eigenvalue weighted by atomic mass is 79.9. The lowest BCUT2D eigenvalue weighted by Gasteiger charge is -2.05. The zero-order valence-electron chi connectivity index (χ0n) is 7.03. The molecule has 14 heavy (non-hydrogen) atoms. The lowest BCUT2D eigenvalue weighted by atomic mass is 10.1. The third-order valence-electron chi connectivity index (χ3n) is 2.21. The van der Waals surface area contributed by atoms with Gasteiger partial charge in [-0.1, -0.05) is 28.1 Å². The van der Waals surface area contributed by atoms with Crippen LogP contribution in [0.5, 0.6) is 0 Å². The normalized spacial score (nSPS) is 15.3. The molecule has 0 N–H and O–H groups in total. The van der Waals surface area contributed by atoms with Gasteiger partial charge in [-0.2, -0.15) is 13.2 Å². The molecule has 0 nitrogen and oxygen atoms in total. The van der Waals surface area contributed by atoms with Crippen molar-refractivity contribution >= 4 is 22.0 Å². The Morgan fingerprint density at radius 3 is 2.50 bits per heavy atom. The van der Waals surface area contributed by atoms with Gasteiger partial charge in [0.25, 0.3) is 0 Å². The summed E-state index contributed by atoms with van der Waals surface area (Å²) in [5, 5.41) is 0. The van der Waals surface area contributed by atoms with Crippen LogP contribution in [0.2, 0.25) is 0 Å². The van der Waals surface area contributed by atoms with Crippen LogP contribution in [0.25, 0.3) is 6.08 Å². The molecule has 0 fully saturated rings. The van der Waals surface area contributed by atoms with Crippen LogP contribution in [-0.4, -0.2) is 6.18 Å². The molecular weight excluding hydrogens is 257 g/mol. The fourth-order valence-corrected chi connectivity index (χ4v) is 2.03. The standard InChI is InChI=1S/C10H6BrF3/c11-9-3-1-2-6-4-7(5-8(6)9)10(12,13)14/h1-3,5H,4H2. The van der Waals surface area contributed by atoms with Gasteiger partial charge in [0.05, 0.1) is 0 Å². The Balaban J connectivity index is 2.45. The molecule has 0 aliphatic heterocycles. The zero-order chi connectivity index (χ0) is 10.3. The van der Waals surface area contributed by atoms with Crippen LogP contribution in [0.4, 0.5) is 13.2 Å². The highest BCUT2D eigenvalue weighted by molar-refractivity contribution is 9.10. The molecule has 0 saturated carbocycles. The molecule has 0 aromatic heterocycles. The Morgan fingerprint density at radius 1 is 1.21 bits per heavy atom. The molecule has 0 heterocycles. The monoisotopic (exact) mass is 262 g/mol. The molecule has 1 aliphatic carbocycles. The Morgan fingerprint density at radius 2 is 1.93 bits per heavy atom. The summed E-state index contributed by atoms with van der Waals surface area (Å²) >= 11 is 3.23. The van der Waals surface area contributed by atoms with E-state index in [1.807, 2.05) is 0 Å². The number of halogens is 4. The average Bonchev–Trinajstić information content (AvgIpc) is 2.48. The molecule has 0 bridgehead atoms. The maximum absolute atomic E-state index is 12.4. The first kappa shape index (κ1) is 9.77. The van der Waals surface area contributed by atoms with E-state index in [9.17, 15) is 13.2 Å². The van der Waals surface area contributed by atoms with Crippen LogP contribution < -0.4 is 0 Å². The minimum absolute atomic E-state index is 0.0156. The van der Waals surface area contributed by atoms with Crippen molar-refractivity contribution in [3.63, 3.8) is 0 Å². The molecule has 1 aromatic rings. The van der Waals surface area contributed by atoms with Gasteiger partial charge in [-0.25, -0.2) is 0 Å². The highest BCUT2D eigenvalue weighted by Crippen LogP contribution is 2.38. The first-order chi connectivity index (χ1) is 6.48. The summed E-state index contributed by atoms with van der Waals surface area (Å²) < 4.78 is 37.8. The molecule has 74 valence electrons. The highest BCUT2D eigenvalue weighted by Gasteiger charge is 2.36. The summed E-state index contributed by atoms with van der Waals surface area (Å²) in [5.74, 6) is 0. The SMILES string of the molecule is FC(F)(F)C1=Cc2c(Br)cccc2C1. The van der Waals surface area contributed by atoms with Crippen LogP contribution in [-0.2, 0) is 6.42 Å². The maximum Gasteiger partial charge on any atom is 0.413 e. The number of benzene rings is 1. The van der Waals surface area contributed by atoms with Gasteiger partial charge in [0.1, 0.15) is 0 Å². The largest absolute Gasteiger partial charge is 0.413 e. The maximum atomic E-state index is 12.4. The Bertz CT molecular complexity index is 404. The molecule has 0 radical (unpaired) electrons. The van der Waals surface area contributed by atoms with Gasteiger partial charge in [-0.05, 0) is 23.3 Å². The van der Waals surface area contributed by atoms with E-state index >= 15 is 0 Å². The van der Waals surface area contributed by atoms with Crippen LogP contribution in [0.15, 0.2) is 28.2 Å². The first-order valence-electron chi connectivity index (χ1n) is 4.03. The summed E-state index contributed by atoms with van der Waals surface area (Å²) in [6, 6.07) is 5.21. The van der Waals surface area contributed by atoms with E-state index in [-0.39, 0.29) is 6.42 Å². The zero-order valence-corrected chi connectivity index (χ0v) is 8.61. The van der Waals surface area contributed by atoms with Gasteiger partial charge in [0.2, 0.25) is 0 Å². The van der Waals surface area contributed by atoms with Crippen molar-refractivity contribution < 1.29 is 13.2 Å². The second-order valence-electron chi connectivity index (χ2n) is 3.16. The molecule has 0 spiro atoms. The molecule has 0 saturated heterocycles. The van der Waals surface area contributed by atoms with Crippen molar-refractivity contribution in [3.05, 3.63) is 39.4 Å². The van der Waals surface area contributed by atoms with E-state index in [0.717, 1.165) is 5.56 Å². The third kappa shape index (κ3) is 1.59. The van der Waals surface area contributed by atoms with E-state index in [0.29, 0.717) is 10.0 Å². The molecule has 0 unspecified atom stereocenters. The van der Waals surface area contributed by atoms with Crippen molar-refractivity contribution in [1.29, 1.82) is 0 Å². The van der Waals surface area contributed by atoms with Crippen LogP contribution in [0.1, 0.15) is 11.1 Å². The molecule has 0 amide bonds. The number of fused-ring (bicyclic) bond motifs is 1. The molecule has 2 rings (SSSR count). The predicted molar refractivity (Wildman–Crippen MR) is 51.9 cm³/mol. The van der Waals surface area contributed by atoms with Gasteiger partial charge in [0, 0.05) is 16.5 Å². The second kappa shape index (κ2) is 3.12. The summed E-state index contributed by atoms with van der Waals surface area (Å²) in [6.45, 7) is 0. The fourth-order valence-electron chi connectivity index (χ4n) is 1.51.